The van der Waals surface area contributed by atoms with E-state index in [0.29, 0.717) is 5.92 Å². The molecule has 0 radical (unpaired) electrons. The standard InChI is InChI=1S/C9H19NO.C2H6/c1-7(6-10)4-5-8(2)9(3)11;1-2/h7-8H,4-6,10H2,1-3H3;1-2H3. The fourth-order valence-corrected chi connectivity index (χ4v) is 0.856. The van der Waals surface area contributed by atoms with E-state index in [9.17, 15) is 4.79 Å². The quantitative estimate of drug-likeness (QED) is 0.719. The Balaban J connectivity index is 0. The average molecular weight is 187 g/mol. The maximum atomic E-state index is 10.8. The number of hydrogen-bond donors (Lipinski definition) is 1. The van der Waals surface area contributed by atoms with Crippen molar-refractivity contribution in [3.8, 4) is 0 Å². The van der Waals surface area contributed by atoms with Crippen molar-refractivity contribution < 1.29 is 4.79 Å². The normalized spacial score (nSPS) is 14.0. The van der Waals surface area contributed by atoms with Gasteiger partial charge in [0.2, 0.25) is 0 Å². The summed E-state index contributed by atoms with van der Waals surface area (Å²) in [6.07, 6.45) is 2.05. The van der Waals surface area contributed by atoms with Crippen LogP contribution >= 0.6 is 0 Å². The lowest BCUT2D eigenvalue weighted by Crippen LogP contribution is -2.14. The summed E-state index contributed by atoms with van der Waals surface area (Å²) in [6, 6.07) is 0. The molecule has 0 aliphatic rings. The van der Waals surface area contributed by atoms with E-state index in [2.05, 4.69) is 6.92 Å². The molecule has 0 amide bonds. The molecule has 0 aromatic heterocycles. The highest BCUT2D eigenvalue weighted by atomic mass is 16.1. The summed E-state index contributed by atoms with van der Waals surface area (Å²) in [7, 11) is 0. The third-order valence-corrected chi connectivity index (χ3v) is 2.19. The van der Waals surface area contributed by atoms with Crippen molar-refractivity contribution in [1.82, 2.24) is 0 Å². The first-order valence-electron chi connectivity index (χ1n) is 5.28. The van der Waals surface area contributed by atoms with Gasteiger partial charge in [-0.05, 0) is 32.2 Å². The van der Waals surface area contributed by atoms with E-state index in [0.717, 1.165) is 19.4 Å². The van der Waals surface area contributed by atoms with E-state index in [1.54, 1.807) is 6.92 Å². The maximum Gasteiger partial charge on any atom is 0.132 e. The zero-order valence-corrected chi connectivity index (χ0v) is 9.76. The molecule has 2 N–H and O–H groups in total. The zero-order valence-electron chi connectivity index (χ0n) is 9.76. The Kier molecular flexibility index (Phi) is 11.3. The Morgan fingerprint density at radius 1 is 1.23 bits per heavy atom. The molecule has 2 nitrogen and oxygen atoms in total. The molecule has 2 unspecified atom stereocenters. The fraction of sp³-hybridized carbons (Fsp3) is 0.909. The van der Waals surface area contributed by atoms with E-state index in [-0.39, 0.29) is 11.7 Å². The van der Waals surface area contributed by atoms with Crippen LogP contribution in [0.25, 0.3) is 0 Å². The molecule has 13 heavy (non-hydrogen) atoms. The summed E-state index contributed by atoms with van der Waals surface area (Å²) >= 11 is 0. The molecule has 0 saturated heterocycles. The predicted octanol–water partition coefficient (Wildman–Crippen LogP) is 2.61. The molecule has 0 aliphatic carbocycles. The third-order valence-electron chi connectivity index (χ3n) is 2.19. The molecule has 0 aromatic carbocycles. The van der Waals surface area contributed by atoms with Crippen molar-refractivity contribution in [1.29, 1.82) is 0 Å². The van der Waals surface area contributed by atoms with Gasteiger partial charge < -0.3 is 5.73 Å². The first-order chi connectivity index (χ1) is 6.07. The van der Waals surface area contributed by atoms with Gasteiger partial charge in [-0.1, -0.05) is 27.7 Å². The van der Waals surface area contributed by atoms with Gasteiger partial charge in [-0.15, -0.1) is 0 Å². The molecule has 0 aliphatic heterocycles. The van der Waals surface area contributed by atoms with Crippen molar-refractivity contribution in [2.75, 3.05) is 6.54 Å². The van der Waals surface area contributed by atoms with E-state index in [1.807, 2.05) is 20.8 Å². The maximum absolute atomic E-state index is 10.8. The van der Waals surface area contributed by atoms with E-state index in [4.69, 9.17) is 5.73 Å². The van der Waals surface area contributed by atoms with Gasteiger partial charge in [0.15, 0.2) is 0 Å². The molecule has 0 bridgehead atoms. The molecule has 0 spiro atoms. The van der Waals surface area contributed by atoms with Gasteiger partial charge in [0.05, 0.1) is 0 Å². The fourth-order valence-electron chi connectivity index (χ4n) is 0.856. The minimum Gasteiger partial charge on any atom is -0.330 e. The van der Waals surface area contributed by atoms with Crippen LogP contribution in [0.1, 0.15) is 47.5 Å². The second-order valence-electron chi connectivity index (χ2n) is 3.43. The minimum atomic E-state index is 0.212. The van der Waals surface area contributed by atoms with Gasteiger partial charge in [0.25, 0.3) is 0 Å². The Morgan fingerprint density at radius 3 is 2.00 bits per heavy atom. The number of nitrogens with two attached hydrogens (primary N) is 1. The molecule has 2 heteroatoms. The van der Waals surface area contributed by atoms with Crippen LogP contribution < -0.4 is 5.73 Å². The van der Waals surface area contributed by atoms with Gasteiger partial charge in [0, 0.05) is 5.92 Å². The van der Waals surface area contributed by atoms with Crippen LogP contribution in [0.5, 0.6) is 0 Å². The van der Waals surface area contributed by atoms with Gasteiger partial charge in [-0.3, -0.25) is 4.79 Å². The smallest absolute Gasteiger partial charge is 0.132 e. The van der Waals surface area contributed by atoms with Gasteiger partial charge >= 0.3 is 0 Å². The zero-order chi connectivity index (χ0) is 10.9. The van der Waals surface area contributed by atoms with Crippen LogP contribution in [-0.2, 0) is 4.79 Å². The molecular formula is C11H25NO. The molecular weight excluding hydrogens is 162 g/mol. The first kappa shape index (κ1) is 15.1. The number of carbonyl (C=O) groups excluding carboxylic acids is 1. The molecule has 0 saturated carbocycles. The molecule has 2 atom stereocenters. The Labute approximate surface area is 82.9 Å². The molecule has 0 rings (SSSR count). The lowest BCUT2D eigenvalue weighted by atomic mass is 9.96. The van der Waals surface area contributed by atoms with Crippen LogP contribution in [0.4, 0.5) is 0 Å². The summed E-state index contributed by atoms with van der Waals surface area (Å²) in [5, 5.41) is 0. The lowest BCUT2D eigenvalue weighted by molar-refractivity contribution is -0.120. The molecule has 0 heterocycles. The number of ketones is 1. The minimum absolute atomic E-state index is 0.212. The van der Waals surface area contributed by atoms with Crippen LogP contribution in [0.15, 0.2) is 0 Å². The lowest BCUT2D eigenvalue weighted by Gasteiger charge is -2.10. The summed E-state index contributed by atoms with van der Waals surface area (Å²) in [5.74, 6) is 1.05. The molecule has 80 valence electrons. The van der Waals surface area contributed by atoms with Crippen LogP contribution in [0, 0.1) is 11.8 Å². The van der Waals surface area contributed by atoms with Crippen molar-refractivity contribution in [2.24, 2.45) is 17.6 Å². The first-order valence-corrected chi connectivity index (χ1v) is 5.28. The van der Waals surface area contributed by atoms with Crippen molar-refractivity contribution in [3.05, 3.63) is 0 Å². The highest BCUT2D eigenvalue weighted by Gasteiger charge is 2.08. The van der Waals surface area contributed by atoms with E-state index < -0.39 is 0 Å². The SMILES string of the molecule is CC.CC(=O)C(C)CCC(C)CN. The van der Waals surface area contributed by atoms with Crippen LogP contribution in [0.3, 0.4) is 0 Å². The number of carbonyl (C=O) groups is 1. The summed E-state index contributed by atoms with van der Waals surface area (Å²) < 4.78 is 0. The topological polar surface area (TPSA) is 43.1 Å². The highest BCUT2D eigenvalue weighted by molar-refractivity contribution is 5.77. The summed E-state index contributed by atoms with van der Waals surface area (Å²) in [6.45, 7) is 10.5. The van der Waals surface area contributed by atoms with Crippen LogP contribution in [-0.4, -0.2) is 12.3 Å². The number of hydrogen-bond acceptors (Lipinski definition) is 2. The highest BCUT2D eigenvalue weighted by Crippen LogP contribution is 2.11. The largest absolute Gasteiger partial charge is 0.330 e. The van der Waals surface area contributed by atoms with Gasteiger partial charge in [0.1, 0.15) is 5.78 Å². The number of Topliss-reactive ketones (excluding diaryl/α,β-unsaturated/α-hetero) is 1. The molecule has 0 aromatic rings. The second kappa shape index (κ2) is 9.72. The summed E-state index contributed by atoms with van der Waals surface area (Å²) in [5.41, 5.74) is 5.45. The molecule has 0 fully saturated rings. The average Bonchev–Trinajstić information content (AvgIpc) is 2.16. The van der Waals surface area contributed by atoms with E-state index in [1.165, 1.54) is 0 Å². The Hall–Kier alpha value is -0.370. The third kappa shape index (κ3) is 9.54. The second-order valence-corrected chi connectivity index (χ2v) is 3.43. The van der Waals surface area contributed by atoms with Crippen molar-refractivity contribution in [3.63, 3.8) is 0 Å². The van der Waals surface area contributed by atoms with Crippen LogP contribution in [0.2, 0.25) is 0 Å². The Morgan fingerprint density at radius 2 is 1.69 bits per heavy atom. The van der Waals surface area contributed by atoms with Gasteiger partial charge in [-0.25, -0.2) is 0 Å². The monoisotopic (exact) mass is 187 g/mol. The van der Waals surface area contributed by atoms with Crippen molar-refractivity contribution >= 4 is 5.78 Å². The predicted molar refractivity (Wildman–Crippen MR) is 58.6 cm³/mol. The van der Waals surface area contributed by atoms with Gasteiger partial charge in [-0.2, -0.15) is 0 Å². The van der Waals surface area contributed by atoms with E-state index >= 15 is 0 Å². The Bertz CT molecular complexity index is 123. The number of rotatable bonds is 5. The summed E-state index contributed by atoms with van der Waals surface area (Å²) in [4.78, 5) is 10.8. The van der Waals surface area contributed by atoms with Crippen molar-refractivity contribution in [2.45, 2.75) is 47.5 Å².